The van der Waals surface area contributed by atoms with Crippen molar-refractivity contribution in [3.63, 3.8) is 0 Å². The molecule has 1 aromatic rings. The first kappa shape index (κ1) is 14.7. The van der Waals surface area contributed by atoms with Gasteiger partial charge in [-0.05, 0) is 12.1 Å². The van der Waals surface area contributed by atoms with Crippen molar-refractivity contribution < 1.29 is 14.4 Å². The Balaban J connectivity index is 1.56. The molecule has 6 nitrogen and oxygen atoms in total. The van der Waals surface area contributed by atoms with Crippen molar-refractivity contribution in [1.82, 2.24) is 14.7 Å². The molecule has 0 aliphatic carbocycles. The first-order chi connectivity index (χ1) is 10.6. The van der Waals surface area contributed by atoms with Crippen molar-refractivity contribution in [2.75, 3.05) is 39.3 Å². The number of nitrogens with zero attached hydrogens (tertiary/aromatic N) is 3. The van der Waals surface area contributed by atoms with Gasteiger partial charge >= 0.3 is 0 Å². The van der Waals surface area contributed by atoms with Crippen LogP contribution >= 0.6 is 0 Å². The van der Waals surface area contributed by atoms with E-state index in [0.29, 0.717) is 37.3 Å². The molecule has 1 fully saturated rings. The third-order valence-electron chi connectivity index (χ3n) is 4.34. The highest BCUT2D eigenvalue weighted by Gasteiger charge is 2.35. The van der Waals surface area contributed by atoms with Crippen molar-refractivity contribution in [2.45, 2.75) is 6.92 Å². The summed E-state index contributed by atoms with van der Waals surface area (Å²) in [6, 6.07) is 6.94. The molecule has 22 heavy (non-hydrogen) atoms. The molecule has 1 saturated heterocycles. The maximum absolute atomic E-state index is 12.3. The van der Waals surface area contributed by atoms with Gasteiger partial charge in [-0.2, -0.15) is 0 Å². The second-order valence-electron chi connectivity index (χ2n) is 5.66. The number of piperazine rings is 1. The summed E-state index contributed by atoms with van der Waals surface area (Å²) < 4.78 is 0. The fraction of sp³-hybridized carbons (Fsp3) is 0.438. The van der Waals surface area contributed by atoms with Gasteiger partial charge < -0.3 is 4.90 Å². The molecule has 2 heterocycles. The summed E-state index contributed by atoms with van der Waals surface area (Å²) in [7, 11) is 0. The maximum atomic E-state index is 12.3. The topological polar surface area (TPSA) is 60.9 Å². The molecule has 2 aliphatic heterocycles. The van der Waals surface area contributed by atoms with Crippen LogP contribution in [0, 0.1) is 0 Å². The number of carbonyl (C=O) groups excluding carboxylic acids is 3. The lowest BCUT2D eigenvalue weighted by atomic mass is 10.1. The first-order valence-electron chi connectivity index (χ1n) is 7.51. The number of amides is 3. The Morgan fingerprint density at radius 3 is 2.00 bits per heavy atom. The van der Waals surface area contributed by atoms with E-state index in [0.717, 1.165) is 13.1 Å². The summed E-state index contributed by atoms with van der Waals surface area (Å²) in [6.07, 6.45) is 0. The van der Waals surface area contributed by atoms with E-state index in [1.54, 1.807) is 31.2 Å². The molecule has 0 atom stereocenters. The van der Waals surface area contributed by atoms with E-state index >= 15 is 0 Å². The van der Waals surface area contributed by atoms with Crippen molar-refractivity contribution in [3.05, 3.63) is 35.4 Å². The highest BCUT2D eigenvalue weighted by molar-refractivity contribution is 6.21. The molecular formula is C16H19N3O3. The standard InChI is InChI=1S/C16H19N3O3/c1-12(20)18-9-6-17(7-10-18)8-11-19-15(21)13-4-2-3-5-14(13)16(19)22/h2-5H,6-11H2,1H3. The largest absolute Gasteiger partial charge is 0.340 e. The number of rotatable bonds is 3. The monoisotopic (exact) mass is 301 g/mol. The van der Waals surface area contributed by atoms with Gasteiger partial charge in [-0.1, -0.05) is 12.1 Å². The van der Waals surface area contributed by atoms with Crippen LogP contribution in [0.25, 0.3) is 0 Å². The molecule has 1 aromatic carbocycles. The summed E-state index contributed by atoms with van der Waals surface area (Å²) in [5.41, 5.74) is 0.989. The normalized spacial score (nSPS) is 18.8. The van der Waals surface area contributed by atoms with Crippen LogP contribution in [-0.4, -0.2) is 71.7 Å². The van der Waals surface area contributed by atoms with Crippen LogP contribution in [-0.2, 0) is 4.79 Å². The average Bonchev–Trinajstić information content (AvgIpc) is 2.78. The molecule has 116 valence electrons. The third kappa shape index (κ3) is 2.62. The molecule has 0 N–H and O–H groups in total. The van der Waals surface area contributed by atoms with Gasteiger partial charge in [0.1, 0.15) is 0 Å². The van der Waals surface area contributed by atoms with Crippen LogP contribution in [0.15, 0.2) is 24.3 Å². The van der Waals surface area contributed by atoms with Crippen molar-refractivity contribution in [1.29, 1.82) is 0 Å². The number of carbonyl (C=O) groups is 3. The van der Waals surface area contributed by atoms with Crippen LogP contribution in [0.1, 0.15) is 27.6 Å². The van der Waals surface area contributed by atoms with E-state index < -0.39 is 0 Å². The Morgan fingerprint density at radius 1 is 0.955 bits per heavy atom. The summed E-state index contributed by atoms with van der Waals surface area (Å²) in [5, 5.41) is 0. The number of hydrogen-bond donors (Lipinski definition) is 0. The smallest absolute Gasteiger partial charge is 0.261 e. The van der Waals surface area contributed by atoms with E-state index in [-0.39, 0.29) is 17.7 Å². The fourth-order valence-corrected chi connectivity index (χ4v) is 2.97. The SMILES string of the molecule is CC(=O)N1CCN(CCN2C(=O)c3ccccc3C2=O)CC1. The Morgan fingerprint density at radius 2 is 1.50 bits per heavy atom. The minimum Gasteiger partial charge on any atom is -0.340 e. The second-order valence-corrected chi connectivity index (χ2v) is 5.66. The fourth-order valence-electron chi connectivity index (χ4n) is 2.97. The van der Waals surface area contributed by atoms with Crippen LogP contribution in [0.2, 0.25) is 0 Å². The lowest BCUT2D eigenvalue weighted by Gasteiger charge is -2.34. The molecular weight excluding hydrogens is 282 g/mol. The van der Waals surface area contributed by atoms with E-state index in [1.165, 1.54) is 4.90 Å². The van der Waals surface area contributed by atoms with Crippen LogP contribution in [0.4, 0.5) is 0 Å². The van der Waals surface area contributed by atoms with Crippen molar-refractivity contribution >= 4 is 17.7 Å². The van der Waals surface area contributed by atoms with Gasteiger partial charge in [0.25, 0.3) is 11.8 Å². The van der Waals surface area contributed by atoms with E-state index in [2.05, 4.69) is 4.90 Å². The summed E-state index contributed by atoms with van der Waals surface area (Å²) in [5.74, 6) is -0.314. The predicted octanol–water partition coefficient (Wildman–Crippen LogP) is 0.447. The zero-order valence-corrected chi connectivity index (χ0v) is 12.6. The van der Waals surface area contributed by atoms with Crippen LogP contribution in [0.5, 0.6) is 0 Å². The van der Waals surface area contributed by atoms with Gasteiger partial charge in [-0.3, -0.25) is 24.2 Å². The summed E-state index contributed by atoms with van der Waals surface area (Å²) in [4.78, 5) is 41.1. The molecule has 3 rings (SSSR count). The van der Waals surface area contributed by atoms with E-state index in [1.807, 2.05) is 4.90 Å². The van der Waals surface area contributed by atoms with Gasteiger partial charge in [-0.15, -0.1) is 0 Å². The third-order valence-corrected chi connectivity index (χ3v) is 4.34. The minimum atomic E-state index is -0.206. The Labute approximate surface area is 129 Å². The van der Waals surface area contributed by atoms with Gasteiger partial charge in [-0.25, -0.2) is 0 Å². The minimum absolute atomic E-state index is 0.0972. The molecule has 0 bridgehead atoms. The van der Waals surface area contributed by atoms with E-state index in [9.17, 15) is 14.4 Å². The lowest BCUT2D eigenvalue weighted by Crippen LogP contribution is -2.50. The summed E-state index contributed by atoms with van der Waals surface area (Å²) in [6.45, 7) is 5.60. The van der Waals surface area contributed by atoms with E-state index in [4.69, 9.17) is 0 Å². The second kappa shape index (κ2) is 5.88. The highest BCUT2D eigenvalue weighted by atomic mass is 16.2. The Bertz CT molecular complexity index is 586. The predicted molar refractivity (Wildman–Crippen MR) is 80.5 cm³/mol. The quantitative estimate of drug-likeness (QED) is 0.761. The Kier molecular flexibility index (Phi) is 3.94. The van der Waals surface area contributed by atoms with Crippen LogP contribution < -0.4 is 0 Å². The maximum Gasteiger partial charge on any atom is 0.261 e. The number of hydrogen-bond acceptors (Lipinski definition) is 4. The van der Waals surface area contributed by atoms with Crippen molar-refractivity contribution in [3.8, 4) is 0 Å². The van der Waals surface area contributed by atoms with Crippen LogP contribution in [0.3, 0.4) is 0 Å². The van der Waals surface area contributed by atoms with Gasteiger partial charge in [0.05, 0.1) is 11.1 Å². The Hall–Kier alpha value is -2.21. The zero-order chi connectivity index (χ0) is 15.7. The summed E-state index contributed by atoms with van der Waals surface area (Å²) >= 11 is 0. The molecule has 0 unspecified atom stereocenters. The first-order valence-corrected chi connectivity index (χ1v) is 7.51. The highest BCUT2D eigenvalue weighted by Crippen LogP contribution is 2.22. The number of benzene rings is 1. The molecule has 0 aromatic heterocycles. The average molecular weight is 301 g/mol. The van der Waals surface area contributed by atoms with Gasteiger partial charge in [0, 0.05) is 46.2 Å². The molecule has 2 aliphatic rings. The van der Waals surface area contributed by atoms with Crippen molar-refractivity contribution in [2.24, 2.45) is 0 Å². The molecule has 3 amide bonds. The molecule has 0 radical (unpaired) electrons. The zero-order valence-electron chi connectivity index (χ0n) is 12.6. The van der Waals surface area contributed by atoms with Gasteiger partial charge in [0.15, 0.2) is 0 Å². The number of fused-ring (bicyclic) bond motifs is 1. The lowest BCUT2D eigenvalue weighted by molar-refractivity contribution is -0.130. The molecule has 0 spiro atoms. The van der Waals surface area contributed by atoms with Gasteiger partial charge in [0.2, 0.25) is 5.91 Å². The molecule has 6 heteroatoms. The molecule has 0 saturated carbocycles. The number of imide groups is 1.